The molecule has 1 fully saturated rings. The molecule has 1 aliphatic rings. The lowest BCUT2D eigenvalue weighted by molar-refractivity contribution is 0.0682. The lowest BCUT2D eigenvalue weighted by atomic mass is 9.96. The average Bonchev–Trinajstić information content (AvgIpc) is 3.02. The van der Waals surface area contributed by atoms with Crippen molar-refractivity contribution in [2.24, 2.45) is 5.92 Å². The highest BCUT2D eigenvalue weighted by atomic mass is 35.5. The maximum atomic E-state index is 12.5. The summed E-state index contributed by atoms with van der Waals surface area (Å²) in [5.41, 5.74) is 0.679. The molecule has 5 heteroatoms. The summed E-state index contributed by atoms with van der Waals surface area (Å²) in [5.74, 6) is 1.84. The standard InChI is InChI=1S/C18H22ClN3O/c1-2-17-20-8-11-22(17)13-14-6-9-21(10-7-14)18(23)15-4-3-5-16(19)12-15/h3-5,8,11-12,14H,2,6-7,9-10,13H2,1H3. The zero-order chi connectivity index (χ0) is 16.2. The molecule has 4 nitrogen and oxygen atoms in total. The SMILES string of the molecule is CCc1nccn1CC1CCN(C(=O)c2cccc(Cl)c2)CC1. The molecule has 1 aromatic heterocycles. The van der Waals surface area contributed by atoms with Crippen LogP contribution in [0.2, 0.25) is 5.02 Å². The first-order chi connectivity index (χ1) is 11.2. The van der Waals surface area contributed by atoms with Crippen LogP contribution in [0, 0.1) is 5.92 Å². The highest BCUT2D eigenvalue weighted by molar-refractivity contribution is 6.30. The van der Waals surface area contributed by atoms with Crippen LogP contribution in [0.25, 0.3) is 0 Å². The van der Waals surface area contributed by atoms with Crippen molar-refractivity contribution in [3.63, 3.8) is 0 Å². The summed E-state index contributed by atoms with van der Waals surface area (Å²) in [6.07, 6.45) is 6.96. The van der Waals surface area contributed by atoms with Crippen molar-refractivity contribution < 1.29 is 4.79 Å². The third-order valence-corrected chi connectivity index (χ3v) is 4.78. The Labute approximate surface area is 142 Å². The van der Waals surface area contributed by atoms with E-state index in [0.717, 1.165) is 44.7 Å². The number of carbonyl (C=O) groups is 1. The first kappa shape index (κ1) is 16.1. The van der Waals surface area contributed by atoms with Gasteiger partial charge in [-0.1, -0.05) is 24.6 Å². The molecule has 122 valence electrons. The first-order valence-corrected chi connectivity index (χ1v) is 8.60. The highest BCUT2D eigenvalue weighted by Crippen LogP contribution is 2.22. The van der Waals surface area contributed by atoms with Gasteiger partial charge in [0.05, 0.1) is 0 Å². The Kier molecular flexibility index (Phi) is 5.01. The van der Waals surface area contributed by atoms with Gasteiger partial charge in [-0.3, -0.25) is 4.79 Å². The molecule has 0 aliphatic carbocycles. The summed E-state index contributed by atoms with van der Waals surface area (Å²) in [6.45, 7) is 4.76. The number of hydrogen-bond acceptors (Lipinski definition) is 2. The summed E-state index contributed by atoms with van der Waals surface area (Å²) >= 11 is 5.98. The van der Waals surface area contributed by atoms with E-state index < -0.39 is 0 Å². The van der Waals surface area contributed by atoms with E-state index in [4.69, 9.17) is 11.6 Å². The molecule has 0 radical (unpaired) electrons. The maximum Gasteiger partial charge on any atom is 0.253 e. The predicted molar refractivity (Wildman–Crippen MR) is 91.7 cm³/mol. The fraction of sp³-hybridized carbons (Fsp3) is 0.444. The Balaban J connectivity index is 1.57. The van der Waals surface area contributed by atoms with E-state index in [2.05, 4.69) is 22.7 Å². The van der Waals surface area contributed by atoms with Gasteiger partial charge in [0.25, 0.3) is 5.91 Å². The molecule has 2 aromatic rings. The third kappa shape index (κ3) is 3.75. The molecule has 0 saturated carbocycles. The van der Waals surface area contributed by atoms with Gasteiger partial charge in [-0.05, 0) is 37.0 Å². The van der Waals surface area contributed by atoms with Crippen LogP contribution >= 0.6 is 11.6 Å². The first-order valence-electron chi connectivity index (χ1n) is 8.22. The quantitative estimate of drug-likeness (QED) is 0.857. The number of amides is 1. The molecule has 1 saturated heterocycles. The van der Waals surface area contributed by atoms with Crippen molar-refractivity contribution in [2.75, 3.05) is 13.1 Å². The Morgan fingerprint density at radius 3 is 2.83 bits per heavy atom. The Hall–Kier alpha value is -1.81. The number of imidazole rings is 1. The number of nitrogens with zero attached hydrogens (tertiary/aromatic N) is 3. The predicted octanol–water partition coefficient (Wildman–Crippen LogP) is 3.65. The van der Waals surface area contributed by atoms with Crippen LogP contribution in [0.15, 0.2) is 36.7 Å². The second-order valence-electron chi connectivity index (χ2n) is 6.10. The highest BCUT2D eigenvalue weighted by Gasteiger charge is 2.24. The van der Waals surface area contributed by atoms with Crippen molar-refractivity contribution in [1.82, 2.24) is 14.5 Å². The van der Waals surface area contributed by atoms with Gasteiger partial charge in [0.2, 0.25) is 0 Å². The van der Waals surface area contributed by atoms with Crippen LogP contribution in [0.3, 0.4) is 0 Å². The van der Waals surface area contributed by atoms with E-state index >= 15 is 0 Å². The molecular weight excluding hydrogens is 310 g/mol. The topological polar surface area (TPSA) is 38.1 Å². The van der Waals surface area contributed by atoms with Gasteiger partial charge in [0.15, 0.2) is 0 Å². The molecule has 0 unspecified atom stereocenters. The molecule has 23 heavy (non-hydrogen) atoms. The van der Waals surface area contributed by atoms with Gasteiger partial charge in [-0.15, -0.1) is 0 Å². The van der Waals surface area contributed by atoms with Crippen LogP contribution in [0.4, 0.5) is 0 Å². The zero-order valence-electron chi connectivity index (χ0n) is 13.4. The van der Waals surface area contributed by atoms with E-state index in [-0.39, 0.29) is 5.91 Å². The van der Waals surface area contributed by atoms with Gasteiger partial charge in [0.1, 0.15) is 5.82 Å². The van der Waals surface area contributed by atoms with Crippen molar-refractivity contribution in [1.29, 1.82) is 0 Å². The minimum absolute atomic E-state index is 0.0860. The second-order valence-corrected chi connectivity index (χ2v) is 6.53. The molecular formula is C18H22ClN3O. The molecule has 1 aliphatic heterocycles. The number of halogens is 1. The zero-order valence-corrected chi connectivity index (χ0v) is 14.2. The van der Waals surface area contributed by atoms with Crippen LogP contribution in [-0.2, 0) is 13.0 Å². The van der Waals surface area contributed by atoms with Crippen LogP contribution in [0.5, 0.6) is 0 Å². The fourth-order valence-corrected chi connectivity index (χ4v) is 3.41. The van der Waals surface area contributed by atoms with Crippen LogP contribution < -0.4 is 0 Å². The van der Waals surface area contributed by atoms with Crippen molar-refractivity contribution >= 4 is 17.5 Å². The Bertz CT molecular complexity index is 674. The largest absolute Gasteiger partial charge is 0.339 e. The molecule has 2 heterocycles. The second kappa shape index (κ2) is 7.18. The summed E-state index contributed by atoms with van der Waals surface area (Å²) in [4.78, 5) is 18.8. The molecule has 0 spiro atoms. The van der Waals surface area contributed by atoms with Crippen LogP contribution in [-0.4, -0.2) is 33.4 Å². The molecule has 0 bridgehead atoms. The lowest BCUT2D eigenvalue weighted by Crippen LogP contribution is -2.39. The molecule has 3 rings (SSSR count). The smallest absolute Gasteiger partial charge is 0.253 e. The monoisotopic (exact) mass is 331 g/mol. The number of hydrogen-bond donors (Lipinski definition) is 0. The maximum absolute atomic E-state index is 12.5. The Morgan fingerprint density at radius 1 is 1.35 bits per heavy atom. The number of piperidine rings is 1. The van der Waals surface area contributed by atoms with Crippen molar-refractivity contribution in [3.8, 4) is 0 Å². The van der Waals surface area contributed by atoms with Crippen LogP contribution in [0.1, 0.15) is 35.9 Å². The van der Waals surface area contributed by atoms with Gasteiger partial charge >= 0.3 is 0 Å². The van der Waals surface area contributed by atoms with Gasteiger partial charge in [0, 0.05) is 49.0 Å². The van der Waals surface area contributed by atoms with E-state index in [9.17, 15) is 4.79 Å². The minimum Gasteiger partial charge on any atom is -0.339 e. The van der Waals surface area contributed by atoms with Gasteiger partial charge < -0.3 is 9.47 Å². The minimum atomic E-state index is 0.0860. The summed E-state index contributed by atoms with van der Waals surface area (Å²) < 4.78 is 2.25. The summed E-state index contributed by atoms with van der Waals surface area (Å²) in [6, 6.07) is 7.20. The van der Waals surface area contributed by atoms with E-state index in [1.165, 1.54) is 0 Å². The van der Waals surface area contributed by atoms with E-state index in [1.807, 2.05) is 23.2 Å². The van der Waals surface area contributed by atoms with Crippen molar-refractivity contribution in [3.05, 3.63) is 53.1 Å². The number of carbonyl (C=O) groups excluding carboxylic acids is 1. The molecule has 1 amide bonds. The number of rotatable bonds is 4. The number of likely N-dealkylation sites (tertiary alicyclic amines) is 1. The van der Waals surface area contributed by atoms with E-state index in [0.29, 0.717) is 16.5 Å². The molecule has 1 aromatic carbocycles. The fourth-order valence-electron chi connectivity index (χ4n) is 3.22. The average molecular weight is 332 g/mol. The van der Waals surface area contributed by atoms with Crippen molar-refractivity contribution in [2.45, 2.75) is 32.7 Å². The molecule has 0 atom stereocenters. The summed E-state index contributed by atoms with van der Waals surface area (Å²) in [7, 11) is 0. The number of aryl methyl sites for hydroxylation is 1. The van der Waals surface area contributed by atoms with Gasteiger partial charge in [-0.2, -0.15) is 0 Å². The Morgan fingerprint density at radius 2 is 2.13 bits per heavy atom. The lowest BCUT2D eigenvalue weighted by Gasteiger charge is -2.32. The number of aromatic nitrogens is 2. The normalized spacial score (nSPS) is 15.8. The summed E-state index contributed by atoms with van der Waals surface area (Å²) in [5, 5.41) is 0.609. The molecule has 0 N–H and O–H groups in total. The van der Waals surface area contributed by atoms with Gasteiger partial charge in [-0.25, -0.2) is 4.98 Å². The van der Waals surface area contributed by atoms with E-state index in [1.54, 1.807) is 12.1 Å². The third-order valence-electron chi connectivity index (χ3n) is 4.55. The number of benzene rings is 1.